The van der Waals surface area contributed by atoms with Gasteiger partial charge in [-0.3, -0.25) is 13.9 Å². The van der Waals surface area contributed by atoms with Gasteiger partial charge in [0, 0.05) is 27.7 Å². The van der Waals surface area contributed by atoms with E-state index in [-0.39, 0.29) is 46.3 Å². The molecule has 0 fully saturated rings. The van der Waals surface area contributed by atoms with Crippen LogP contribution < -0.4 is 14.4 Å². The van der Waals surface area contributed by atoms with E-state index in [1.165, 1.54) is 36.3 Å². The van der Waals surface area contributed by atoms with Crippen LogP contribution in [0.15, 0.2) is 71.6 Å². The first-order chi connectivity index (χ1) is 19.4. The SMILES string of the molecule is CC[C@@H](C(=O)NC(C)C)N(Cc1ccc(Cl)cc1Cl)C(=O)CN(c1cc(Cl)ccc1OC)S(=O)(=O)c1ccccc1. The summed E-state index contributed by atoms with van der Waals surface area (Å²) < 4.78 is 34.3. The minimum Gasteiger partial charge on any atom is -0.495 e. The van der Waals surface area contributed by atoms with E-state index in [1.807, 2.05) is 13.8 Å². The van der Waals surface area contributed by atoms with Crippen LogP contribution in [0.5, 0.6) is 5.75 Å². The number of methoxy groups -OCH3 is 1. The number of halogens is 3. The highest BCUT2D eigenvalue weighted by Gasteiger charge is 2.35. The standard InChI is InChI=1S/C29H32Cl3N3O5S/c1-5-25(29(37)33-19(2)3)34(17-20-11-12-21(30)15-24(20)32)28(36)18-35(26-16-22(31)13-14-27(26)40-4)41(38,39)23-9-7-6-8-10-23/h6-16,19,25H,5,17-18H2,1-4H3,(H,33,37)/t25-/m0/s1. The molecule has 1 atom stereocenters. The van der Waals surface area contributed by atoms with Crippen molar-refractivity contribution in [1.29, 1.82) is 0 Å². The molecule has 0 heterocycles. The molecule has 8 nitrogen and oxygen atoms in total. The van der Waals surface area contributed by atoms with E-state index >= 15 is 0 Å². The average molecular weight is 641 g/mol. The van der Waals surface area contributed by atoms with Crippen molar-refractivity contribution in [3.05, 3.63) is 87.4 Å². The summed E-state index contributed by atoms with van der Waals surface area (Å²) in [5, 5.41) is 3.81. The number of hydrogen-bond acceptors (Lipinski definition) is 5. The fourth-order valence-corrected chi connectivity index (χ4v) is 6.30. The second-order valence-corrected chi connectivity index (χ2v) is 12.6. The van der Waals surface area contributed by atoms with Crippen molar-refractivity contribution in [2.24, 2.45) is 0 Å². The third-order valence-corrected chi connectivity index (χ3v) is 8.79. The third kappa shape index (κ3) is 8.07. The van der Waals surface area contributed by atoms with Crippen LogP contribution >= 0.6 is 34.8 Å². The Morgan fingerprint density at radius 3 is 2.17 bits per heavy atom. The van der Waals surface area contributed by atoms with Crippen molar-refractivity contribution >= 4 is 62.3 Å². The summed E-state index contributed by atoms with van der Waals surface area (Å²) in [6, 6.07) is 15.9. The zero-order chi connectivity index (χ0) is 30.3. The number of anilines is 1. The van der Waals surface area contributed by atoms with Crippen LogP contribution in [0.1, 0.15) is 32.8 Å². The topological polar surface area (TPSA) is 96.0 Å². The van der Waals surface area contributed by atoms with Crippen molar-refractivity contribution in [2.75, 3.05) is 18.0 Å². The van der Waals surface area contributed by atoms with Gasteiger partial charge < -0.3 is 15.0 Å². The highest BCUT2D eigenvalue weighted by atomic mass is 35.5. The minimum atomic E-state index is -4.29. The monoisotopic (exact) mass is 639 g/mol. The molecule has 3 aromatic rings. The highest BCUT2D eigenvalue weighted by Crippen LogP contribution is 2.35. The van der Waals surface area contributed by atoms with Gasteiger partial charge in [0.05, 0.1) is 17.7 Å². The van der Waals surface area contributed by atoms with Gasteiger partial charge in [0.2, 0.25) is 11.8 Å². The highest BCUT2D eigenvalue weighted by molar-refractivity contribution is 7.92. The van der Waals surface area contributed by atoms with E-state index < -0.39 is 28.5 Å². The van der Waals surface area contributed by atoms with Crippen LogP contribution in [0.3, 0.4) is 0 Å². The van der Waals surface area contributed by atoms with Gasteiger partial charge in [-0.15, -0.1) is 0 Å². The summed E-state index contributed by atoms with van der Waals surface area (Å²) in [6.45, 7) is 4.68. The van der Waals surface area contributed by atoms with Crippen LogP contribution in [0.25, 0.3) is 0 Å². The fourth-order valence-electron chi connectivity index (χ4n) is 4.22. The molecular weight excluding hydrogens is 609 g/mol. The number of ether oxygens (including phenoxy) is 1. The second kappa shape index (κ2) is 14.3. The largest absolute Gasteiger partial charge is 0.495 e. The Morgan fingerprint density at radius 2 is 1.59 bits per heavy atom. The van der Waals surface area contributed by atoms with Gasteiger partial charge in [0.1, 0.15) is 18.3 Å². The maximum Gasteiger partial charge on any atom is 0.264 e. The summed E-state index contributed by atoms with van der Waals surface area (Å²) in [6.07, 6.45) is 0.265. The van der Waals surface area contributed by atoms with Crippen molar-refractivity contribution in [1.82, 2.24) is 10.2 Å². The van der Waals surface area contributed by atoms with Crippen molar-refractivity contribution < 1.29 is 22.7 Å². The first kappa shape index (κ1) is 32.5. The summed E-state index contributed by atoms with van der Waals surface area (Å²) in [5.74, 6) is -0.819. The quantitative estimate of drug-likeness (QED) is 0.255. The molecule has 0 unspecified atom stereocenters. The molecule has 0 saturated heterocycles. The Kier molecular flexibility index (Phi) is 11.3. The van der Waals surface area contributed by atoms with Gasteiger partial charge >= 0.3 is 0 Å². The number of benzene rings is 3. The Morgan fingerprint density at radius 1 is 0.951 bits per heavy atom. The van der Waals surface area contributed by atoms with Gasteiger partial charge in [-0.1, -0.05) is 66.0 Å². The minimum absolute atomic E-state index is 0.0354. The summed E-state index contributed by atoms with van der Waals surface area (Å²) in [5.41, 5.74) is 0.611. The lowest BCUT2D eigenvalue weighted by Gasteiger charge is -2.34. The first-order valence-electron chi connectivity index (χ1n) is 12.8. The van der Waals surface area contributed by atoms with E-state index in [0.717, 1.165) is 4.31 Å². The molecule has 0 bridgehead atoms. The lowest BCUT2D eigenvalue weighted by atomic mass is 10.1. The molecule has 220 valence electrons. The molecule has 2 amide bonds. The van der Waals surface area contributed by atoms with Crippen LogP contribution in [-0.2, 0) is 26.2 Å². The number of nitrogens with zero attached hydrogens (tertiary/aromatic N) is 2. The van der Waals surface area contributed by atoms with Gasteiger partial charge in [-0.25, -0.2) is 8.42 Å². The fraction of sp³-hybridized carbons (Fsp3) is 0.310. The zero-order valence-electron chi connectivity index (χ0n) is 23.1. The Labute approximate surface area is 256 Å². The summed E-state index contributed by atoms with van der Waals surface area (Å²) >= 11 is 18.8. The van der Waals surface area contributed by atoms with Gasteiger partial charge in [-0.2, -0.15) is 0 Å². The molecule has 0 saturated carbocycles. The van der Waals surface area contributed by atoms with Crippen LogP contribution in [-0.4, -0.2) is 50.9 Å². The van der Waals surface area contributed by atoms with E-state index in [1.54, 1.807) is 49.4 Å². The number of amides is 2. The average Bonchev–Trinajstić information content (AvgIpc) is 2.92. The number of hydrogen-bond donors (Lipinski definition) is 1. The van der Waals surface area contributed by atoms with Crippen molar-refractivity contribution in [2.45, 2.75) is 50.7 Å². The molecule has 12 heteroatoms. The molecule has 0 spiro atoms. The Hall–Kier alpha value is -2.98. The Bertz CT molecular complexity index is 1490. The van der Waals surface area contributed by atoms with E-state index in [0.29, 0.717) is 15.6 Å². The van der Waals surface area contributed by atoms with Crippen LogP contribution in [0.2, 0.25) is 15.1 Å². The van der Waals surface area contributed by atoms with E-state index in [2.05, 4.69) is 5.32 Å². The lowest BCUT2D eigenvalue weighted by molar-refractivity contribution is -0.140. The molecule has 41 heavy (non-hydrogen) atoms. The van der Waals surface area contributed by atoms with E-state index in [4.69, 9.17) is 39.5 Å². The normalized spacial score (nSPS) is 12.1. The molecule has 0 aromatic heterocycles. The predicted molar refractivity (Wildman–Crippen MR) is 163 cm³/mol. The second-order valence-electron chi connectivity index (χ2n) is 9.49. The van der Waals surface area contributed by atoms with Gasteiger partial charge in [0.15, 0.2) is 0 Å². The number of nitrogens with one attached hydrogen (secondary N) is 1. The molecule has 0 aliphatic carbocycles. The van der Waals surface area contributed by atoms with Gasteiger partial charge in [-0.05, 0) is 68.3 Å². The number of carbonyl (C=O) groups is 2. The summed E-state index contributed by atoms with van der Waals surface area (Å²) in [7, 11) is -2.90. The van der Waals surface area contributed by atoms with Gasteiger partial charge in [0.25, 0.3) is 10.0 Å². The lowest BCUT2D eigenvalue weighted by Crippen LogP contribution is -2.53. The first-order valence-corrected chi connectivity index (χ1v) is 15.4. The molecule has 0 radical (unpaired) electrons. The van der Waals surface area contributed by atoms with E-state index in [9.17, 15) is 18.0 Å². The molecule has 0 aliphatic heterocycles. The third-order valence-electron chi connectivity index (χ3n) is 6.19. The molecule has 3 aromatic carbocycles. The van der Waals surface area contributed by atoms with Crippen LogP contribution in [0, 0.1) is 0 Å². The summed E-state index contributed by atoms with van der Waals surface area (Å²) in [4.78, 5) is 28.7. The maximum atomic E-state index is 14.2. The zero-order valence-corrected chi connectivity index (χ0v) is 26.2. The number of rotatable bonds is 12. The Balaban J connectivity index is 2.14. The smallest absolute Gasteiger partial charge is 0.264 e. The maximum absolute atomic E-state index is 14.2. The predicted octanol–water partition coefficient (Wildman–Crippen LogP) is 6.18. The van der Waals surface area contributed by atoms with Crippen molar-refractivity contribution in [3.8, 4) is 5.75 Å². The molecule has 3 rings (SSSR count). The molecule has 0 aliphatic rings. The van der Waals surface area contributed by atoms with Crippen LogP contribution in [0.4, 0.5) is 5.69 Å². The number of carbonyl (C=O) groups excluding carboxylic acids is 2. The molecule has 1 N–H and O–H groups in total. The van der Waals surface area contributed by atoms with Crippen molar-refractivity contribution in [3.63, 3.8) is 0 Å². The number of sulfonamides is 1. The molecular formula is C29H32Cl3N3O5S.